The van der Waals surface area contributed by atoms with E-state index in [0.717, 1.165) is 11.3 Å². The van der Waals surface area contributed by atoms with Crippen LogP contribution in [0.25, 0.3) is 0 Å². The Kier molecular flexibility index (Phi) is 5.23. The molecule has 0 saturated carbocycles. The molecule has 3 heterocycles. The van der Waals surface area contributed by atoms with Crippen LogP contribution in [0, 0.1) is 5.92 Å². The van der Waals surface area contributed by atoms with Gasteiger partial charge >= 0.3 is 0 Å². The van der Waals surface area contributed by atoms with Crippen LogP contribution in [0.4, 0.5) is 0 Å². The monoisotopic (exact) mass is 422 g/mol. The first kappa shape index (κ1) is 21.3. The Balaban J connectivity index is 1.63. The van der Waals surface area contributed by atoms with Crippen LogP contribution in [-0.2, 0) is 23.3 Å². The van der Waals surface area contributed by atoms with Crippen LogP contribution < -0.4 is 0 Å². The summed E-state index contributed by atoms with van der Waals surface area (Å²) in [5, 5.41) is 4.55. The molecule has 2 aliphatic heterocycles. The lowest BCUT2D eigenvalue weighted by atomic mass is 9.95. The Morgan fingerprint density at radius 2 is 1.74 bits per heavy atom. The molecule has 3 amide bonds. The smallest absolute Gasteiger partial charge is 0.262 e. The predicted molar refractivity (Wildman–Crippen MR) is 117 cm³/mol. The fourth-order valence-electron chi connectivity index (χ4n) is 4.58. The van der Waals surface area contributed by atoms with E-state index in [1.165, 1.54) is 4.90 Å². The summed E-state index contributed by atoms with van der Waals surface area (Å²) in [6, 6.07) is 5.99. The average molecular weight is 423 g/mol. The molecule has 0 radical (unpaired) electrons. The second-order valence-electron chi connectivity index (χ2n) is 9.57. The van der Waals surface area contributed by atoms with E-state index in [0.29, 0.717) is 37.1 Å². The summed E-state index contributed by atoms with van der Waals surface area (Å²) in [7, 11) is 0. The number of aromatic nitrogens is 2. The van der Waals surface area contributed by atoms with Gasteiger partial charge in [0.1, 0.15) is 6.04 Å². The third-order valence-electron chi connectivity index (χ3n) is 6.42. The van der Waals surface area contributed by atoms with Crippen molar-refractivity contribution in [3.8, 4) is 0 Å². The fraction of sp³-hybridized carbons (Fsp3) is 0.500. The summed E-state index contributed by atoms with van der Waals surface area (Å²) in [4.78, 5) is 42.8. The maximum absolute atomic E-state index is 13.7. The molecule has 0 bridgehead atoms. The summed E-state index contributed by atoms with van der Waals surface area (Å²) < 4.78 is 2.03. The van der Waals surface area contributed by atoms with Crippen LogP contribution in [-0.4, -0.2) is 49.9 Å². The molecule has 0 saturated heterocycles. The number of nitrogens with zero attached hydrogens (tertiary/aromatic N) is 4. The van der Waals surface area contributed by atoms with Gasteiger partial charge in [0, 0.05) is 30.8 Å². The summed E-state index contributed by atoms with van der Waals surface area (Å²) in [5.41, 5.74) is 2.80. The van der Waals surface area contributed by atoms with Crippen LogP contribution in [0.3, 0.4) is 0 Å². The summed E-state index contributed by atoms with van der Waals surface area (Å²) >= 11 is 0. The fourth-order valence-corrected chi connectivity index (χ4v) is 4.58. The summed E-state index contributed by atoms with van der Waals surface area (Å²) in [6.45, 7) is 11.2. The predicted octanol–water partition coefficient (Wildman–Crippen LogP) is 3.23. The van der Waals surface area contributed by atoms with Gasteiger partial charge in [-0.1, -0.05) is 32.4 Å². The van der Waals surface area contributed by atoms with Gasteiger partial charge in [-0.15, -0.1) is 0 Å². The average Bonchev–Trinajstić information content (AvgIpc) is 3.28. The number of hydrogen-bond acceptors (Lipinski definition) is 4. The number of carbonyl (C=O) groups is 3. The highest BCUT2D eigenvalue weighted by Crippen LogP contribution is 2.31. The van der Waals surface area contributed by atoms with Crippen molar-refractivity contribution in [3.63, 3.8) is 0 Å². The van der Waals surface area contributed by atoms with Crippen LogP contribution in [0.15, 0.2) is 30.5 Å². The van der Waals surface area contributed by atoms with E-state index >= 15 is 0 Å². The Morgan fingerprint density at radius 3 is 2.29 bits per heavy atom. The maximum atomic E-state index is 13.7. The normalized spacial score (nSPS) is 18.1. The standard InChI is InChI=1S/C24H30N4O3/c1-6-15(2)20(27-21(29)17-9-7-8-10-18(17)22(27)30)23(31)26-12-11-19-16(14-26)13-25-28(19)24(3,4)5/h7-10,13,15,20H,6,11-12,14H2,1-5H3. The third kappa shape index (κ3) is 3.46. The van der Waals surface area contributed by atoms with Gasteiger partial charge < -0.3 is 4.90 Å². The van der Waals surface area contributed by atoms with Crippen molar-refractivity contribution in [1.82, 2.24) is 19.6 Å². The van der Waals surface area contributed by atoms with Crippen LogP contribution in [0.5, 0.6) is 0 Å². The van der Waals surface area contributed by atoms with Gasteiger partial charge in [0.2, 0.25) is 5.91 Å². The van der Waals surface area contributed by atoms with Crippen molar-refractivity contribution >= 4 is 17.7 Å². The summed E-state index contributed by atoms with van der Waals surface area (Å²) in [6.07, 6.45) is 3.22. The molecule has 0 N–H and O–H groups in total. The van der Waals surface area contributed by atoms with Gasteiger partial charge in [-0.3, -0.25) is 24.0 Å². The zero-order valence-electron chi connectivity index (χ0n) is 18.9. The van der Waals surface area contributed by atoms with Crippen molar-refractivity contribution in [2.45, 2.75) is 65.6 Å². The lowest BCUT2D eigenvalue weighted by molar-refractivity contribution is -0.138. The molecule has 0 aliphatic carbocycles. The van der Waals surface area contributed by atoms with E-state index in [4.69, 9.17) is 0 Å². The van der Waals surface area contributed by atoms with E-state index in [9.17, 15) is 14.4 Å². The lowest BCUT2D eigenvalue weighted by Crippen LogP contribution is -2.54. The molecule has 2 unspecified atom stereocenters. The molecule has 1 aromatic carbocycles. The second-order valence-corrected chi connectivity index (χ2v) is 9.57. The molecule has 7 nitrogen and oxygen atoms in total. The highest BCUT2D eigenvalue weighted by Gasteiger charge is 2.46. The molecule has 1 aromatic heterocycles. The van der Waals surface area contributed by atoms with E-state index in [2.05, 4.69) is 25.9 Å². The first-order valence-corrected chi connectivity index (χ1v) is 11.0. The number of rotatable bonds is 4. The maximum Gasteiger partial charge on any atom is 0.262 e. The van der Waals surface area contributed by atoms with Crippen molar-refractivity contribution in [3.05, 3.63) is 52.8 Å². The minimum absolute atomic E-state index is 0.126. The Morgan fingerprint density at radius 1 is 1.13 bits per heavy atom. The Bertz CT molecular complexity index is 1010. The van der Waals surface area contributed by atoms with Gasteiger partial charge in [-0.05, 0) is 38.8 Å². The first-order valence-electron chi connectivity index (χ1n) is 11.0. The van der Waals surface area contributed by atoms with E-state index in [1.807, 2.05) is 24.7 Å². The molecular weight excluding hydrogens is 392 g/mol. The van der Waals surface area contributed by atoms with Gasteiger partial charge in [0.25, 0.3) is 11.8 Å². The van der Waals surface area contributed by atoms with E-state index < -0.39 is 6.04 Å². The largest absolute Gasteiger partial charge is 0.336 e. The molecular formula is C24H30N4O3. The molecule has 4 rings (SSSR count). The number of benzene rings is 1. The number of carbonyl (C=O) groups excluding carboxylic acids is 3. The van der Waals surface area contributed by atoms with Crippen molar-refractivity contribution in [2.24, 2.45) is 5.92 Å². The molecule has 0 spiro atoms. The molecule has 2 atom stereocenters. The van der Waals surface area contributed by atoms with E-state index in [1.54, 1.807) is 29.2 Å². The summed E-state index contributed by atoms with van der Waals surface area (Å²) in [5.74, 6) is -1.07. The zero-order chi connectivity index (χ0) is 22.5. The number of imide groups is 1. The highest BCUT2D eigenvalue weighted by atomic mass is 16.2. The van der Waals surface area contributed by atoms with Crippen LogP contribution >= 0.6 is 0 Å². The quantitative estimate of drug-likeness (QED) is 0.709. The first-order chi connectivity index (χ1) is 14.6. The lowest BCUT2D eigenvalue weighted by Gasteiger charge is -2.36. The van der Waals surface area contributed by atoms with Crippen molar-refractivity contribution in [2.75, 3.05) is 6.54 Å². The minimum atomic E-state index is -0.809. The molecule has 164 valence electrons. The molecule has 2 aromatic rings. The molecule has 0 fully saturated rings. The van der Waals surface area contributed by atoms with Crippen molar-refractivity contribution in [1.29, 1.82) is 0 Å². The Labute approximate surface area is 183 Å². The van der Waals surface area contributed by atoms with Crippen LogP contribution in [0.1, 0.15) is 73.0 Å². The number of amides is 3. The van der Waals surface area contributed by atoms with Crippen LogP contribution in [0.2, 0.25) is 0 Å². The SMILES string of the molecule is CCC(C)C(C(=O)N1CCc2c(cnn2C(C)(C)C)C1)N1C(=O)c2ccccc2C1=O. The molecule has 31 heavy (non-hydrogen) atoms. The van der Waals surface area contributed by atoms with Crippen molar-refractivity contribution < 1.29 is 14.4 Å². The topological polar surface area (TPSA) is 75.5 Å². The highest BCUT2D eigenvalue weighted by molar-refractivity contribution is 6.22. The Hall–Kier alpha value is -2.96. The number of hydrogen-bond donors (Lipinski definition) is 0. The van der Waals surface area contributed by atoms with Gasteiger partial charge in [0.15, 0.2) is 0 Å². The van der Waals surface area contributed by atoms with Gasteiger partial charge in [-0.2, -0.15) is 5.10 Å². The second kappa shape index (κ2) is 7.62. The minimum Gasteiger partial charge on any atom is -0.336 e. The zero-order valence-corrected chi connectivity index (χ0v) is 18.9. The number of fused-ring (bicyclic) bond motifs is 2. The van der Waals surface area contributed by atoms with Gasteiger partial charge in [-0.25, -0.2) is 0 Å². The van der Waals surface area contributed by atoms with E-state index in [-0.39, 0.29) is 29.2 Å². The van der Waals surface area contributed by atoms with Gasteiger partial charge in [0.05, 0.1) is 22.9 Å². The molecule has 7 heteroatoms. The molecule has 2 aliphatic rings. The third-order valence-corrected chi connectivity index (χ3v) is 6.42.